The molecule has 0 saturated heterocycles. The van der Waals surface area contributed by atoms with Gasteiger partial charge >= 0.3 is 0 Å². The normalized spacial score (nSPS) is 10.1. The van der Waals surface area contributed by atoms with E-state index in [-0.39, 0.29) is 5.56 Å². The zero-order valence-electron chi connectivity index (χ0n) is 8.34. The van der Waals surface area contributed by atoms with Crippen LogP contribution >= 0.6 is 15.9 Å². The van der Waals surface area contributed by atoms with Crippen LogP contribution in [0.25, 0.3) is 0 Å². The molecule has 0 aliphatic heterocycles. The maximum Gasteiger partial charge on any atom is 0.287 e. The van der Waals surface area contributed by atoms with Gasteiger partial charge in [-0.1, -0.05) is 30.3 Å². The molecule has 82 valence electrons. The van der Waals surface area contributed by atoms with Crippen LogP contribution < -0.4 is 10.4 Å². The van der Waals surface area contributed by atoms with Gasteiger partial charge in [-0.05, 0) is 21.5 Å². The molecule has 0 atom stereocenters. The summed E-state index contributed by atoms with van der Waals surface area (Å²) < 4.78 is 1.78. The first kappa shape index (κ1) is 10.9. The monoisotopic (exact) mass is 280 g/mol. The van der Waals surface area contributed by atoms with Gasteiger partial charge in [0.05, 0.1) is 6.20 Å². The third kappa shape index (κ3) is 2.70. The summed E-state index contributed by atoms with van der Waals surface area (Å²) in [7, 11) is 0. The fraction of sp³-hybridized carbons (Fsp3) is 0.0909. The Bertz CT molecular complexity index is 525. The largest absolute Gasteiger partial charge is 0.408 e. The number of hydrogen-bond donors (Lipinski definition) is 0. The predicted molar refractivity (Wildman–Crippen MR) is 62.9 cm³/mol. The standard InChI is InChI=1S/C11H9BrN2O2/c12-10-6-14(8-13-11(10)15)16-7-9-4-2-1-3-5-9/h1-6,8H,7H2. The van der Waals surface area contributed by atoms with Crippen molar-refractivity contribution in [3.8, 4) is 0 Å². The fourth-order valence-corrected chi connectivity index (χ4v) is 1.47. The highest BCUT2D eigenvalue weighted by atomic mass is 79.9. The molecule has 0 spiro atoms. The first-order valence-electron chi connectivity index (χ1n) is 4.67. The molecule has 2 rings (SSSR count). The summed E-state index contributed by atoms with van der Waals surface area (Å²) in [5, 5.41) is 0. The second-order valence-electron chi connectivity index (χ2n) is 3.15. The third-order valence-electron chi connectivity index (χ3n) is 1.96. The number of hydrogen-bond acceptors (Lipinski definition) is 3. The van der Waals surface area contributed by atoms with Crippen molar-refractivity contribution in [2.24, 2.45) is 0 Å². The molecule has 0 aliphatic carbocycles. The number of halogens is 1. The molecule has 0 aliphatic rings. The van der Waals surface area contributed by atoms with E-state index in [1.807, 2.05) is 30.3 Å². The lowest BCUT2D eigenvalue weighted by Crippen LogP contribution is -2.17. The van der Waals surface area contributed by atoms with Crippen LogP contribution in [0.3, 0.4) is 0 Å². The van der Waals surface area contributed by atoms with Gasteiger partial charge in [-0.25, -0.2) is 0 Å². The molecule has 1 aromatic heterocycles. The third-order valence-corrected chi connectivity index (χ3v) is 2.50. The van der Waals surface area contributed by atoms with Crippen LogP contribution in [0.2, 0.25) is 0 Å². The number of benzene rings is 1. The van der Waals surface area contributed by atoms with E-state index in [9.17, 15) is 4.79 Å². The lowest BCUT2D eigenvalue weighted by atomic mass is 10.2. The van der Waals surface area contributed by atoms with E-state index in [0.717, 1.165) is 5.56 Å². The predicted octanol–water partition coefficient (Wildman–Crippen LogP) is 1.63. The lowest BCUT2D eigenvalue weighted by Gasteiger charge is -2.08. The van der Waals surface area contributed by atoms with Crippen molar-refractivity contribution in [2.75, 3.05) is 0 Å². The first-order valence-corrected chi connectivity index (χ1v) is 5.46. The Morgan fingerprint density at radius 2 is 2.06 bits per heavy atom. The van der Waals surface area contributed by atoms with Crippen LogP contribution in [0.4, 0.5) is 0 Å². The molecular formula is C11H9BrN2O2. The van der Waals surface area contributed by atoms with E-state index in [1.54, 1.807) is 0 Å². The van der Waals surface area contributed by atoms with Crippen LogP contribution in [0.5, 0.6) is 0 Å². The molecule has 0 radical (unpaired) electrons. The van der Waals surface area contributed by atoms with Crippen LogP contribution in [0, 0.1) is 0 Å². The molecule has 1 aromatic carbocycles. The minimum Gasteiger partial charge on any atom is -0.408 e. The van der Waals surface area contributed by atoms with E-state index in [2.05, 4.69) is 20.9 Å². The molecule has 0 N–H and O–H groups in total. The zero-order chi connectivity index (χ0) is 11.4. The highest BCUT2D eigenvalue weighted by Gasteiger charge is 1.98. The molecule has 0 amide bonds. The molecule has 0 unspecified atom stereocenters. The number of rotatable bonds is 3. The van der Waals surface area contributed by atoms with E-state index < -0.39 is 0 Å². The number of nitrogens with zero attached hydrogens (tertiary/aromatic N) is 2. The van der Waals surface area contributed by atoms with Crippen molar-refractivity contribution < 1.29 is 4.84 Å². The van der Waals surface area contributed by atoms with Gasteiger partial charge in [0.1, 0.15) is 17.4 Å². The Balaban J connectivity index is 2.05. The Kier molecular flexibility index (Phi) is 3.36. The minimum atomic E-state index is -0.306. The van der Waals surface area contributed by atoms with E-state index in [0.29, 0.717) is 11.1 Å². The van der Waals surface area contributed by atoms with E-state index in [1.165, 1.54) is 17.3 Å². The van der Waals surface area contributed by atoms with Crippen molar-refractivity contribution in [3.63, 3.8) is 0 Å². The van der Waals surface area contributed by atoms with Crippen molar-refractivity contribution >= 4 is 15.9 Å². The van der Waals surface area contributed by atoms with Crippen LogP contribution in [-0.2, 0) is 6.61 Å². The SMILES string of the molecule is O=c1ncn(OCc2ccccc2)cc1Br. The molecule has 5 heteroatoms. The van der Waals surface area contributed by atoms with Gasteiger partial charge in [0.25, 0.3) is 5.56 Å². The van der Waals surface area contributed by atoms with Gasteiger partial charge in [0.15, 0.2) is 0 Å². The summed E-state index contributed by atoms with van der Waals surface area (Å²) in [4.78, 5) is 20.1. The Labute approximate surface area is 101 Å². The zero-order valence-corrected chi connectivity index (χ0v) is 9.92. The van der Waals surface area contributed by atoms with Gasteiger partial charge in [-0.3, -0.25) is 4.79 Å². The molecule has 0 fully saturated rings. The molecule has 16 heavy (non-hydrogen) atoms. The lowest BCUT2D eigenvalue weighted by molar-refractivity contribution is 0.0927. The van der Waals surface area contributed by atoms with Gasteiger partial charge in [-0.15, -0.1) is 0 Å². The minimum absolute atomic E-state index is 0.306. The summed E-state index contributed by atoms with van der Waals surface area (Å²) >= 11 is 3.10. The summed E-state index contributed by atoms with van der Waals surface area (Å²) in [5.41, 5.74) is 0.747. The topological polar surface area (TPSA) is 44.1 Å². The second-order valence-corrected chi connectivity index (χ2v) is 4.00. The Hall–Kier alpha value is -1.62. The summed E-state index contributed by atoms with van der Waals surface area (Å²) in [6.45, 7) is 0.428. The fourth-order valence-electron chi connectivity index (χ4n) is 1.17. The average Bonchev–Trinajstić information content (AvgIpc) is 2.32. The smallest absolute Gasteiger partial charge is 0.287 e. The quantitative estimate of drug-likeness (QED) is 0.859. The highest BCUT2D eigenvalue weighted by Crippen LogP contribution is 2.01. The molecule has 4 nitrogen and oxygen atoms in total. The Morgan fingerprint density at radius 1 is 1.31 bits per heavy atom. The Morgan fingerprint density at radius 3 is 2.75 bits per heavy atom. The maximum absolute atomic E-state index is 11.0. The average molecular weight is 281 g/mol. The molecular weight excluding hydrogens is 272 g/mol. The van der Waals surface area contributed by atoms with Gasteiger partial charge < -0.3 is 4.84 Å². The second kappa shape index (κ2) is 4.94. The van der Waals surface area contributed by atoms with Gasteiger partial charge in [0, 0.05) is 0 Å². The van der Waals surface area contributed by atoms with E-state index in [4.69, 9.17) is 4.84 Å². The van der Waals surface area contributed by atoms with E-state index >= 15 is 0 Å². The van der Waals surface area contributed by atoms with Crippen LogP contribution in [0.1, 0.15) is 5.56 Å². The van der Waals surface area contributed by atoms with Crippen LogP contribution in [-0.4, -0.2) is 9.71 Å². The van der Waals surface area contributed by atoms with Crippen molar-refractivity contribution in [1.29, 1.82) is 0 Å². The van der Waals surface area contributed by atoms with Gasteiger partial charge in [-0.2, -0.15) is 9.71 Å². The van der Waals surface area contributed by atoms with Crippen molar-refractivity contribution in [3.05, 3.63) is 63.2 Å². The van der Waals surface area contributed by atoms with Gasteiger partial charge in [0.2, 0.25) is 0 Å². The summed E-state index contributed by atoms with van der Waals surface area (Å²) in [6, 6.07) is 9.76. The molecule has 0 bridgehead atoms. The van der Waals surface area contributed by atoms with Crippen molar-refractivity contribution in [2.45, 2.75) is 6.61 Å². The first-order chi connectivity index (χ1) is 7.75. The molecule has 1 heterocycles. The van der Waals surface area contributed by atoms with Crippen LogP contribution in [0.15, 0.2) is 52.1 Å². The highest BCUT2D eigenvalue weighted by molar-refractivity contribution is 9.10. The molecule has 2 aromatic rings. The van der Waals surface area contributed by atoms with Crippen molar-refractivity contribution in [1.82, 2.24) is 9.71 Å². The molecule has 0 saturated carbocycles. The summed E-state index contributed by atoms with van der Waals surface area (Å²) in [5.74, 6) is 0. The number of aromatic nitrogens is 2. The maximum atomic E-state index is 11.0. The summed E-state index contributed by atoms with van der Waals surface area (Å²) in [6.07, 6.45) is 2.88.